The van der Waals surface area contributed by atoms with E-state index in [1.54, 1.807) is 25.4 Å². The third-order valence-corrected chi connectivity index (χ3v) is 4.18. The Morgan fingerprint density at radius 1 is 1.21 bits per heavy atom. The maximum absolute atomic E-state index is 12.3. The molecule has 0 aliphatic carbocycles. The first-order chi connectivity index (χ1) is 11.6. The fraction of sp³-hybridized carbons (Fsp3) is 0.111. The molecule has 3 aromatic rings. The van der Waals surface area contributed by atoms with Gasteiger partial charge in [-0.2, -0.15) is 0 Å². The molecular weight excluding hydrogens is 370 g/mol. The standard InChI is InChI=1S/C18H16BrN3O2/c1-22-16(12-6-8-15(24-2)9-7-12)11-20-18(22)21-17(23)13-4-3-5-14(19)10-13/h3-11H,1-2H3,(H,20,21,23). The van der Waals surface area contributed by atoms with E-state index >= 15 is 0 Å². The Kier molecular flexibility index (Phi) is 4.66. The first-order valence-corrected chi connectivity index (χ1v) is 8.11. The fourth-order valence-corrected chi connectivity index (χ4v) is 2.76. The van der Waals surface area contributed by atoms with E-state index in [2.05, 4.69) is 26.2 Å². The number of carbonyl (C=O) groups is 1. The molecule has 1 N–H and O–H groups in total. The lowest BCUT2D eigenvalue weighted by Crippen LogP contribution is -2.15. The zero-order valence-electron chi connectivity index (χ0n) is 13.3. The number of hydrogen-bond acceptors (Lipinski definition) is 3. The summed E-state index contributed by atoms with van der Waals surface area (Å²) < 4.78 is 7.87. The van der Waals surface area contributed by atoms with E-state index in [9.17, 15) is 4.79 Å². The molecule has 2 aromatic carbocycles. The van der Waals surface area contributed by atoms with Crippen LogP contribution in [0.3, 0.4) is 0 Å². The van der Waals surface area contributed by atoms with Crippen LogP contribution in [-0.2, 0) is 7.05 Å². The van der Waals surface area contributed by atoms with Crippen molar-refractivity contribution < 1.29 is 9.53 Å². The lowest BCUT2D eigenvalue weighted by molar-refractivity contribution is 0.102. The average molecular weight is 386 g/mol. The van der Waals surface area contributed by atoms with Crippen LogP contribution in [0.1, 0.15) is 10.4 Å². The van der Waals surface area contributed by atoms with E-state index in [4.69, 9.17) is 4.74 Å². The summed E-state index contributed by atoms with van der Waals surface area (Å²) in [5, 5.41) is 2.83. The van der Waals surface area contributed by atoms with Crippen molar-refractivity contribution >= 4 is 27.8 Å². The molecule has 1 aromatic heterocycles. The number of benzene rings is 2. The van der Waals surface area contributed by atoms with Crippen molar-refractivity contribution in [3.8, 4) is 17.0 Å². The van der Waals surface area contributed by atoms with Gasteiger partial charge in [-0.3, -0.25) is 10.1 Å². The minimum atomic E-state index is -0.203. The molecule has 0 aliphatic rings. The van der Waals surface area contributed by atoms with Crippen LogP contribution in [0.5, 0.6) is 5.75 Å². The molecule has 3 rings (SSSR count). The number of ether oxygens (including phenoxy) is 1. The average Bonchev–Trinajstić information content (AvgIpc) is 2.95. The first kappa shape index (κ1) is 16.3. The molecule has 0 spiro atoms. The summed E-state index contributed by atoms with van der Waals surface area (Å²) in [5.74, 6) is 1.08. The van der Waals surface area contributed by atoms with Crippen LogP contribution in [-0.4, -0.2) is 22.6 Å². The number of hydrogen-bond donors (Lipinski definition) is 1. The Hall–Kier alpha value is -2.60. The number of aromatic nitrogens is 2. The fourth-order valence-electron chi connectivity index (χ4n) is 2.36. The molecule has 6 heteroatoms. The Bertz CT molecular complexity index is 872. The quantitative estimate of drug-likeness (QED) is 0.734. The number of carbonyl (C=O) groups excluding carboxylic acids is 1. The molecular formula is C18H16BrN3O2. The summed E-state index contributed by atoms with van der Waals surface area (Å²) in [6.45, 7) is 0. The Morgan fingerprint density at radius 3 is 2.62 bits per heavy atom. The largest absolute Gasteiger partial charge is 0.497 e. The highest BCUT2D eigenvalue weighted by Gasteiger charge is 2.13. The number of nitrogens with zero attached hydrogens (tertiary/aromatic N) is 2. The molecule has 0 bridgehead atoms. The van der Waals surface area contributed by atoms with Crippen molar-refractivity contribution in [3.63, 3.8) is 0 Å². The molecule has 0 saturated heterocycles. The maximum Gasteiger partial charge on any atom is 0.258 e. The summed E-state index contributed by atoms with van der Waals surface area (Å²) in [5.41, 5.74) is 2.47. The summed E-state index contributed by atoms with van der Waals surface area (Å²) >= 11 is 3.37. The number of imidazole rings is 1. The van der Waals surface area contributed by atoms with Crippen molar-refractivity contribution in [3.05, 3.63) is 64.8 Å². The van der Waals surface area contributed by atoms with Crippen molar-refractivity contribution in [2.24, 2.45) is 7.05 Å². The van der Waals surface area contributed by atoms with Gasteiger partial charge < -0.3 is 9.30 Å². The van der Waals surface area contributed by atoms with Gasteiger partial charge in [-0.05, 0) is 42.5 Å². The van der Waals surface area contributed by atoms with E-state index in [0.29, 0.717) is 11.5 Å². The SMILES string of the molecule is COc1ccc(-c2cnc(NC(=O)c3cccc(Br)c3)n2C)cc1. The van der Waals surface area contributed by atoms with Crippen LogP contribution in [0.4, 0.5) is 5.95 Å². The van der Waals surface area contributed by atoms with Gasteiger partial charge in [-0.25, -0.2) is 4.98 Å². The molecule has 0 fully saturated rings. The minimum Gasteiger partial charge on any atom is -0.497 e. The van der Waals surface area contributed by atoms with Crippen molar-refractivity contribution in [2.45, 2.75) is 0 Å². The minimum absolute atomic E-state index is 0.203. The summed E-state index contributed by atoms with van der Waals surface area (Å²) in [4.78, 5) is 16.7. The van der Waals surface area contributed by atoms with Crippen LogP contribution in [0.25, 0.3) is 11.3 Å². The molecule has 5 nitrogen and oxygen atoms in total. The van der Waals surface area contributed by atoms with E-state index in [0.717, 1.165) is 21.5 Å². The smallest absolute Gasteiger partial charge is 0.258 e. The Balaban J connectivity index is 1.83. The van der Waals surface area contributed by atoms with Crippen LogP contribution in [0, 0.1) is 0 Å². The number of rotatable bonds is 4. The topological polar surface area (TPSA) is 56.1 Å². The second-order valence-corrected chi connectivity index (χ2v) is 6.13. The van der Waals surface area contributed by atoms with Gasteiger partial charge in [0, 0.05) is 22.6 Å². The Labute approximate surface area is 148 Å². The second-order valence-electron chi connectivity index (χ2n) is 5.22. The summed E-state index contributed by atoms with van der Waals surface area (Å²) in [7, 11) is 3.50. The van der Waals surface area contributed by atoms with Crippen LogP contribution >= 0.6 is 15.9 Å². The van der Waals surface area contributed by atoms with Gasteiger partial charge >= 0.3 is 0 Å². The Morgan fingerprint density at radius 2 is 1.96 bits per heavy atom. The number of amides is 1. The number of halogens is 1. The van der Waals surface area contributed by atoms with E-state index in [1.165, 1.54) is 0 Å². The van der Waals surface area contributed by atoms with Gasteiger partial charge in [-0.15, -0.1) is 0 Å². The second kappa shape index (κ2) is 6.88. The monoisotopic (exact) mass is 385 g/mol. The van der Waals surface area contributed by atoms with Gasteiger partial charge in [0.15, 0.2) is 0 Å². The highest BCUT2D eigenvalue weighted by Crippen LogP contribution is 2.24. The predicted molar refractivity (Wildman–Crippen MR) is 97.3 cm³/mol. The zero-order valence-corrected chi connectivity index (χ0v) is 14.9. The molecule has 0 aliphatic heterocycles. The van der Waals surface area contributed by atoms with Crippen molar-refractivity contribution in [1.29, 1.82) is 0 Å². The van der Waals surface area contributed by atoms with Crippen LogP contribution in [0.15, 0.2) is 59.2 Å². The normalized spacial score (nSPS) is 10.5. The highest BCUT2D eigenvalue weighted by molar-refractivity contribution is 9.10. The number of anilines is 1. The first-order valence-electron chi connectivity index (χ1n) is 7.31. The van der Waals surface area contributed by atoms with Gasteiger partial charge in [0.2, 0.25) is 5.95 Å². The van der Waals surface area contributed by atoms with Gasteiger partial charge in [-0.1, -0.05) is 22.0 Å². The number of methoxy groups -OCH3 is 1. The molecule has 1 heterocycles. The maximum atomic E-state index is 12.3. The molecule has 0 unspecified atom stereocenters. The molecule has 0 saturated carbocycles. The van der Waals surface area contributed by atoms with Crippen LogP contribution in [0.2, 0.25) is 0 Å². The summed E-state index contributed by atoms with van der Waals surface area (Å²) in [6, 6.07) is 14.9. The lowest BCUT2D eigenvalue weighted by atomic mass is 10.1. The third-order valence-electron chi connectivity index (χ3n) is 3.69. The van der Waals surface area contributed by atoms with Gasteiger partial charge in [0.1, 0.15) is 5.75 Å². The van der Waals surface area contributed by atoms with E-state index in [1.807, 2.05) is 48.0 Å². The zero-order chi connectivity index (χ0) is 17.1. The highest BCUT2D eigenvalue weighted by atomic mass is 79.9. The molecule has 122 valence electrons. The molecule has 1 amide bonds. The molecule has 24 heavy (non-hydrogen) atoms. The number of nitrogens with one attached hydrogen (secondary N) is 1. The van der Waals surface area contributed by atoms with Gasteiger partial charge in [0.05, 0.1) is 19.0 Å². The van der Waals surface area contributed by atoms with E-state index < -0.39 is 0 Å². The van der Waals surface area contributed by atoms with Crippen molar-refractivity contribution in [1.82, 2.24) is 9.55 Å². The third kappa shape index (κ3) is 3.33. The van der Waals surface area contributed by atoms with Crippen molar-refractivity contribution in [2.75, 3.05) is 12.4 Å². The lowest BCUT2D eigenvalue weighted by Gasteiger charge is -2.08. The van der Waals surface area contributed by atoms with Crippen LogP contribution < -0.4 is 10.1 Å². The van der Waals surface area contributed by atoms with E-state index in [-0.39, 0.29) is 5.91 Å². The summed E-state index contributed by atoms with van der Waals surface area (Å²) in [6.07, 6.45) is 1.73. The predicted octanol–water partition coefficient (Wildman–Crippen LogP) is 4.11. The van der Waals surface area contributed by atoms with Gasteiger partial charge in [0.25, 0.3) is 5.91 Å². The molecule has 0 atom stereocenters. The molecule has 0 radical (unpaired) electrons.